The lowest BCUT2D eigenvalue weighted by molar-refractivity contribution is -0.160. The Bertz CT molecular complexity index is 1170. The lowest BCUT2D eigenvalue weighted by atomic mass is 9.89. The van der Waals surface area contributed by atoms with E-state index in [9.17, 15) is 9.90 Å². The van der Waals surface area contributed by atoms with E-state index in [1.807, 2.05) is 24.3 Å². The number of ether oxygens (including phenoxy) is 2. The first kappa shape index (κ1) is 21.2. The van der Waals surface area contributed by atoms with Crippen LogP contribution < -0.4 is 4.74 Å². The van der Waals surface area contributed by atoms with Gasteiger partial charge in [0, 0.05) is 33.8 Å². The normalized spacial score (nSPS) is 14.7. The van der Waals surface area contributed by atoms with Gasteiger partial charge in [0.1, 0.15) is 11.6 Å². The molecule has 1 aliphatic heterocycles. The zero-order chi connectivity index (χ0) is 22.3. The molecule has 1 aromatic heterocycles. The Morgan fingerprint density at radius 2 is 2.00 bits per heavy atom. The molecule has 1 N–H and O–H groups in total. The number of carbonyl (C=O) groups is 1. The number of aryl methyl sites for hydroxylation is 2. The van der Waals surface area contributed by atoms with Crippen molar-refractivity contribution in [1.82, 2.24) is 4.98 Å². The molecule has 0 saturated heterocycles. The molecule has 31 heavy (non-hydrogen) atoms. The van der Waals surface area contributed by atoms with Crippen LogP contribution in [0.5, 0.6) is 5.75 Å². The predicted molar refractivity (Wildman–Crippen MR) is 117 cm³/mol. The van der Waals surface area contributed by atoms with Crippen molar-refractivity contribution in [3.8, 4) is 16.9 Å². The van der Waals surface area contributed by atoms with Gasteiger partial charge >= 0.3 is 5.97 Å². The fourth-order valence-electron chi connectivity index (χ4n) is 4.11. The van der Waals surface area contributed by atoms with Gasteiger partial charge < -0.3 is 14.6 Å². The Balaban J connectivity index is 2.06. The molecule has 2 aromatic carbocycles. The maximum atomic E-state index is 15.4. The highest BCUT2D eigenvalue weighted by atomic mass is 19.1. The summed E-state index contributed by atoms with van der Waals surface area (Å²) in [5.74, 6) is -1.06. The summed E-state index contributed by atoms with van der Waals surface area (Å²) in [6, 6.07) is 10.6. The smallest absolute Gasteiger partial charge is 0.337 e. The van der Waals surface area contributed by atoms with Crippen LogP contribution in [0.2, 0.25) is 0 Å². The highest BCUT2D eigenvalue weighted by molar-refractivity contribution is 5.98. The van der Waals surface area contributed by atoms with Crippen molar-refractivity contribution < 1.29 is 23.8 Å². The third-order valence-corrected chi connectivity index (χ3v) is 5.35. The van der Waals surface area contributed by atoms with Gasteiger partial charge in [-0.25, -0.2) is 9.18 Å². The minimum Gasteiger partial charge on any atom is -0.493 e. The number of para-hydroxylation sites is 1. The number of hydrogen-bond donors (Lipinski definition) is 1. The van der Waals surface area contributed by atoms with Crippen LogP contribution >= 0.6 is 0 Å². The van der Waals surface area contributed by atoms with E-state index in [0.29, 0.717) is 45.6 Å². The van der Waals surface area contributed by atoms with E-state index in [4.69, 9.17) is 9.47 Å². The zero-order valence-corrected chi connectivity index (χ0v) is 18.2. The third kappa shape index (κ3) is 4.12. The first-order valence-electron chi connectivity index (χ1n) is 10.4. The molecule has 2 heterocycles. The van der Waals surface area contributed by atoms with Gasteiger partial charge in [0.25, 0.3) is 0 Å². The van der Waals surface area contributed by atoms with Gasteiger partial charge in [-0.15, -0.1) is 0 Å². The number of rotatable bonds is 4. The van der Waals surface area contributed by atoms with E-state index in [2.05, 4.69) is 4.98 Å². The molecular weight excluding hydrogens is 397 g/mol. The van der Waals surface area contributed by atoms with Crippen LogP contribution in [0.3, 0.4) is 0 Å². The number of carboxylic acid groups (broad SMARTS) is 1. The van der Waals surface area contributed by atoms with Crippen molar-refractivity contribution >= 4 is 16.9 Å². The molecule has 0 amide bonds. The molecule has 0 bridgehead atoms. The molecule has 162 valence electrons. The number of benzene rings is 2. The third-order valence-electron chi connectivity index (χ3n) is 5.35. The van der Waals surface area contributed by atoms with Crippen LogP contribution in [0.4, 0.5) is 4.39 Å². The van der Waals surface area contributed by atoms with Gasteiger partial charge in [0.05, 0.1) is 17.7 Å². The minimum absolute atomic E-state index is 0.338. The second-order valence-corrected chi connectivity index (χ2v) is 8.84. The lowest BCUT2D eigenvalue weighted by Gasteiger charge is -2.28. The standard InChI is InChI=1S/C25H26FNO4/c1-14-21(23(24(28)29)31-25(2,3)4)22(16-9-5-6-10-19(16)27-14)17-12-15-8-7-11-30-20(15)13-18(17)26/h5-6,9-10,12-13,23H,7-8,11H2,1-4H3,(H,28,29)/t23-/m0/s1. The van der Waals surface area contributed by atoms with Crippen molar-refractivity contribution in [2.45, 2.75) is 52.2 Å². The number of nitrogens with zero attached hydrogens (tertiary/aromatic N) is 1. The molecule has 0 spiro atoms. The van der Waals surface area contributed by atoms with Crippen LogP contribution in [0.25, 0.3) is 22.0 Å². The molecule has 6 heteroatoms. The molecule has 5 nitrogen and oxygen atoms in total. The SMILES string of the molecule is Cc1nc2ccccc2c(-c2cc3c(cc2F)OCCC3)c1[C@H](OC(C)(C)C)C(=O)O. The van der Waals surface area contributed by atoms with E-state index >= 15 is 4.39 Å². The molecule has 1 aliphatic rings. The highest BCUT2D eigenvalue weighted by Crippen LogP contribution is 2.42. The Labute approximate surface area is 180 Å². The van der Waals surface area contributed by atoms with Crippen molar-refractivity contribution in [3.05, 3.63) is 59.0 Å². The summed E-state index contributed by atoms with van der Waals surface area (Å²) in [6.07, 6.45) is 0.339. The number of fused-ring (bicyclic) bond motifs is 2. The molecule has 0 fully saturated rings. The van der Waals surface area contributed by atoms with Gasteiger partial charge in [-0.2, -0.15) is 0 Å². The number of hydrogen-bond acceptors (Lipinski definition) is 4. The molecule has 0 radical (unpaired) electrons. The van der Waals surface area contributed by atoms with E-state index < -0.39 is 23.5 Å². The maximum absolute atomic E-state index is 15.4. The Morgan fingerprint density at radius 3 is 2.71 bits per heavy atom. The van der Waals surface area contributed by atoms with E-state index in [1.165, 1.54) is 6.07 Å². The van der Waals surface area contributed by atoms with Gasteiger partial charge in [-0.05, 0) is 58.2 Å². The summed E-state index contributed by atoms with van der Waals surface area (Å²) in [6.45, 7) is 7.69. The zero-order valence-electron chi connectivity index (χ0n) is 18.2. The Kier molecular flexibility index (Phi) is 5.43. The maximum Gasteiger partial charge on any atom is 0.337 e. The van der Waals surface area contributed by atoms with Crippen LogP contribution in [0.1, 0.15) is 50.1 Å². The van der Waals surface area contributed by atoms with Gasteiger partial charge in [0.15, 0.2) is 6.10 Å². The van der Waals surface area contributed by atoms with Gasteiger partial charge in [-0.3, -0.25) is 4.98 Å². The topological polar surface area (TPSA) is 68.7 Å². The summed E-state index contributed by atoms with van der Waals surface area (Å²) < 4.78 is 27.0. The number of aliphatic carboxylic acids is 1. The van der Waals surface area contributed by atoms with Crippen molar-refractivity contribution in [2.24, 2.45) is 0 Å². The summed E-state index contributed by atoms with van der Waals surface area (Å²) in [4.78, 5) is 16.9. The van der Waals surface area contributed by atoms with Crippen molar-refractivity contribution in [3.63, 3.8) is 0 Å². The Hall–Kier alpha value is -2.99. The van der Waals surface area contributed by atoms with Gasteiger partial charge in [0.2, 0.25) is 0 Å². The molecule has 4 rings (SSSR count). The first-order chi connectivity index (χ1) is 14.7. The monoisotopic (exact) mass is 423 g/mol. The largest absolute Gasteiger partial charge is 0.493 e. The fourth-order valence-corrected chi connectivity index (χ4v) is 4.11. The highest BCUT2D eigenvalue weighted by Gasteiger charge is 2.33. The van der Waals surface area contributed by atoms with E-state index in [0.717, 1.165) is 18.4 Å². The molecule has 3 aromatic rings. The van der Waals surface area contributed by atoms with E-state index in [1.54, 1.807) is 33.8 Å². The van der Waals surface area contributed by atoms with Gasteiger partial charge in [-0.1, -0.05) is 18.2 Å². The average molecular weight is 423 g/mol. The fraction of sp³-hybridized carbons (Fsp3) is 0.360. The lowest BCUT2D eigenvalue weighted by Crippen LogP contribution is -2.28. The van der Waals surface area contributed by atoms with Crippen LogP contribution in [0, 0.1) is 12.7 Å². The predicted octanol–water partition coefficient (Wildman–Crippen LogP) is 5.62. The number of halogens is 1. The van der Waals surface area contributed by atoms with Crippen molar-refractivity contribution in [1.29, 1.82) is 0 Å². The summed E-state index contributed by atoms with van der Waals surface area (Å²) in [5.41, 5.74) is 2.58. The molecular formula is C25H26FNO4. The first-order valence-corrected chi connectivity index (χ1v) is 10.4. The molecule has 0 aliphatic carbocycles. The molecule has 0 saturated carbocycles. The quantitative estimate of drug-likeness (QED) is 0.590. The summed E-state index contributed by atoms with van der Waals surface area (Å²) in [5, 5.41) is 10.7. The van der Waals surface area contributed by atoms with E-state index in [-0.39, 0.29) is 0 Å². The Morgan fingerprint density at radius 1 is 1.26 bits per heavy atom. The summed E-state index contributed by atoms with van der Waals surface area (Å²) in [7, 11) is 0. The number of carboxylic acids is 1. The molecule has 0 unspecified atom stereocenters. The van der Waals surface area contributed by atoms with Crippen LogP contribution in [-0.4, -0.2) is 28.3 Å². The average Bonchev–Trinajstić information content (AvgIpc) is 2.70. The van der Waals surface area contributed by atoms with Crippen LogP contribution in [-0.2, 0) is 16.0 Å². The second-order valence-electron chi connectivity index (χ2n) is 8.84. The van der Waals surface area contributed by atoms with Crippen molar-refractivity contribution in [2.75, 3.05) is 6.61 Å². The molecule has 1 atom stereocenters. The second kappa shape index (κ2) is 7.93. The summed E-state index contributed by atoms with van der Waals surface area (Å²) >= 11 is 0. The minimum atomic E-state index is -1.29. The number of pyridine rings is 1. The van der Waals surface area contributed by atoms with Crippen LogP contribution in [0.15, 0.2) is 36.4 Å². The number of aromatic nitrogens is 1.